The Balaban J connectivity index is 2.31. The zero-order valence-electron chi connectivity index (χ0n) is 11.8. The van der Waals surface area contributed by atoms with Gasteiger partial charge in [0, 0.05) is 17.6 Å². The number of hydrogen-bond acceptors (Lipinski definition) is 2. The summed E-state index contributed by atoms with van der Waals surface area (Å²) < 4.78 is 0. The van der Waals surface area contributed by atoms with Crippen molar-refractivity contribution in [3.8, 4) is 0 Å². The number of anilines is 1. The van der Waals surface area contributed by atoms with Crippen molar-refractivity contribution in [1.82, 2.24) is 5.32 Å². The monoisotopic (exact) mass is 262 g/mol. The topological polar surface area (TPSA) is 52.6 Å². The summed E-state index contributed by atoms with van der Waals surface area (Å²) in [5, 5.41) is 13.1. The molecule has 1 aliphatic heterocycles. The van der Waals surface area contributed by atoms with E-state index in [-0.39, 0.29) is 11.6 Å². The number of benzene rings is 1. The Morgan fingerprint density at radius 2 is 2.05 bits per heavy atom. The molecule has 1 atom stereocenters. The number of para-hydroxylation sites is 1. The first-order valence-corrected chi connectivity index (χ1v) is 6.75. The lowest BCUT2D eigenvalue weighted by Crippen LogP contribution is -2.49. The Morgan fingerprint density at radius 3 is 2.74 bits per heavy atom. The quantitative estimate of drug-likeness (QED) is 0.755. The van der Waals surface area contributed by atoms with Gasteiger partial charge in [0.25, 0.3) is 0 Å². The van der Waals surface area contributed by atoms with Crippen molar-refractivity contribution in [2.45, 2.75) is 45.3 Å². The zero-order valence-corrected chi connectivity index (χ0v) is 11.8. The molecule has 2 amide bonds. The van der Waals surface area contributed by atoms with Crippen LogP contribution in [0.5, 0.6) is 0 Å². The third-order valence-corrected chi connectivity index (χ3v) is 3.17. The molecule has 0 bridgehead atoms. The van der Waals surface area contributed by atoms with Crippen LogP contribution in [-0.4, -0.2) is 23.2 Å². The van der Waals surface area contributed by atoms with Gasteiger partial charge in [0.1, 0.15) is 0 Å². The van der Waals surface area contributed by atoms with Crippen LogP contribution in [0.4, 0.5) is 10.5 Å². The average Bonchev–Trinajstić information content (AvgIpc) is 2.47. The van der Waals surface area contributed by atoms with Crippen LogP contribution in [-0.2, 0) is 0 Å². The third-order valence-electron chi connectivity index (χ3n) is 3.17. The molecular weight excluding hydrogens is 240 g/mol. The van der Waals surface area contributed by atoms with E-state index in [2.05, 4.69) is 5.32 Å². The van der Waals surface area contributed by atoms with Gasteiger partial charge in [-0.15, -0.1) is 0 Å². The normalized spacial score (nSPS) is 19.6. The first-order valence-electron chi connectivity index (χ1n) is 6.75. The Kier molecular flexibility index (Phi) is 3.80. The largest absolute Gasteiger partial charge is 0.388 e. The molecule has 0 aromatic heterocycles. The molecule has 0 saturated heterocycles. The number of aliphatic hydroxyl groups excluding tert-OH is 1. The Hall–Kier alpha value is -1.55. The van der Waals surface area contributed by atoms with E-state index in [4.69, 9.17) is 0 Å². The molecule has 0 fully saturated rings. The second-order valence-corrected chi connectivity index (χ2v) is 6.05. The number of rotatable bonds is 0. The smallest absolute Gasteiger partial charge is 0.322 e. The van der Waals surface area contributed by atoms with E-state index in [0.717, 1.165) is 17.7 Å². The molecule has 2 N–H and O–H groups in total. The molecule has 0 spiro atoms. The van der Waals surface area contributed by atoms with E-state index < -0.39 is 6.10 Å². The van der Waals surface area contributed by atoms with Gasteiger partial charge >= 0.3 is 6.03 Å². The number of aliphatic hydroxyl groups is 1. The summed E-state index contributed by atoms with van der Waals surface area (Å²) in [5.74, 6) is 0. The van der Waals surface area contributed by atoms with Crippen molar-refractivity contribution >= 4 is 11.7 Å². The molecule has 104 valence electrons. The maximum Gasteiger partial charge on any atom is 0.322 e. The maximum absolute atomic E-state index is 12.4. The van der Waals surface area contributed by atoms with Gasteiger partial charge in [0.15, 0.2) is 0 Å². The SMILES string of the molecule is CC(C)(C)NC(=O)N1CCCC(O)c2ccccc21. The first kappa shape index (κ1) is 13.9. The summed E-state index contributed by atoms with van der Waals surface area (Å²) in [6.45, 7) is 6.52. The highest BCUT2D eigenvalue weighted by Gasteiger charge is 2.26. The highest BCUT2D eigenvalue weighted by molar-refractivity contribution is 5.93. The molecule has 1 aromatic rings. The van der Waals surface area contributed by atoms with E-state index in [9.17, 15) is 9.90 Å². The molecule has 0 aliphatic carbocycles. The van der Waals surface area contributed by atoms with Crippen molar-refractivity contribution in [2.75, 3.05) is 11.4 Å². The number of nitrogens with zero attached hydrogens (tertiary/aromatic N) is 1. The molecule has 4 nitrogen and oxygen atoms in total. The fourth-order valence-electron chi connectivity index (χ4n) is 2.33. The van der Waals surface area contributed by atoms with Crippen LogP contribution in [0, 0.1) is 0 Å². The lowest BCUT2D eigenvalue weighted by molar-refractivity contribution is 0.168. The van der Waals surface area contributed by atoms with E-state index in [1.54, 1.807) is 4.90 Å². The van der Waals surface area contributed by atoms with E-state index in [1.165, 1.54) is 0 Å². The van der Waals surface area contributed by atoms with Crippen LogP contribution < -0.4 is 10.2 Å². The van der Waals surface area contributed by atoms with Crippen molar-refractivity contribution in [3.63, 3.8) is 0 Å². The summed E-state index contributed by atoms with van der Waals surface area (Å²) >= 11 is 0. The molecule has 1 aromatic carbocycles. The third kappa shape index (κ3) is 3.26. The molecule has 1 aliphatic rings. The number of hydrogen-bond donors (Lipinski definition) is 2. The van der Waals surface area contributed by atoms with E-state index >= 15 is 0 Å². The van der Waals surface area contributed by atoms with Gasteiger partial charge in [-0.25, -0.2) is 4.79 Å². The highest BCUT2D eigenvalue weighted by atomic mass is 16.3. The number of fused-ring (bicyclic) bond motifs is 1. The number of carbonyl (C=O) groups excluding carboxylic acids is 1. The molecule has 1 unspecified atom stereocenters. The van der Waals surface area contributed by atoms with Gasteiger partial charge in [0.05, 0.1) is 11.8 Å². The summed E-state index contributed by atoms with van der Waals surface area (Å²) in [6.07, 6.45) is 1.01. The van der Waals surface area contributed by atoms with Gasteiger partial charge in [-0.3, -0.25) is 4.90 Å². The molecule has 2 rings (SSSR count). The van der Waals surface area contributed by atoms with Crippen LogP contribution in [0.3, 0.4) is 0 Å². The predicted octanol–water partition coefficient (Wildman–Crippen LogP) is 2.83. The van der Waals surface area contributed by atoms with Crippen LogP contribution >= 0.6 is 0 Å². The number of nitrogens with one attached hydrogen (secondary N) is 1. The Labute approximate surface area is 114 Å². The molecule has 0 radical (unpaired) electrons. The molecule has 0 saturated carbocycles. The molecule has 19 heavy (non-hydrogen) atoms. The lowest BCUT2D eigenvalue weighted by Gasteiger charge is -2.28. The number of urea groups is 1. The first-order chi connectivity index (χ1) is 8.88. The number of carbonyl (C=O) groups is 1. The summed E-state index contributed by atoms with van der Waals surface area (Å²) in [4.78, 5) is 14.1. The molecular formula is C15H22N2O2. The average molecular weight is 262 g/mol. The molecule has 1 heterocycles. The minimum atomic E-state index is -0.483. The standard InChI is InChI=1S/C15H22N2O2/c1-15(2,3)16-14(19)17-10-6-9-13(18)11-7-4-5-8-12(11)17/h4-5,7-8,13,18H,6,9-10H2,1-3H3,(H,16,19). The lowest BCUT2D eigenvalue weighted by atomic mass is 10.0. The second kappa shape index (κ2) is 5.21. The summed E-state index contributed by atoms with van der Waals surface area (Å²) in [7, 11) is 0. The predicted molar refractivity (Wildman–Crippen MR) is 76.3 cm³/mol. The van der Waals surface area contributed by atoms with Crippen molar-refractivity contribution in [3.05, 3.63) is 29.8 Å². The van der Waals surface area contributed by atoms with E-state index in [0.29, 0.717) is 13.0 Å². The summed E-state index contributed by atoms with van der Waals surface area (Å²) in [5.41, 5.74) is 1.38. The fraction of sp³-hybridized carbons (Fsp3) is 0.533. The van der Waals surface area contributed by atoms with Crippen molar-refractivity contribution < 1.29 is 9.90 Å². The van der Waals surface area contributed by atoms with Gasteiger partial charge in [-0.1, -0.05) is 18.2 Å². The van der Waals surface area contributed by atoms with Gasteiger partial charge in [0.2, 0.25) is 0 Å². The van der Waals surface area contributed by atoms with Crippen LogP contribution in [0.2, 0.25) is 0 Å². The minimum Gasteiger partial charge on any atom is -0.388 e. The Morgan fingerprint density at radius 1 is 1.37 bits per heavy atom. The maximum atomic E-state index is 12.4. The zero-order chi connectivity index (χ0) is 14.0. The summed E-state index contributed by atoms with van der Waals surface area (Å²) in [6, 6.07) is 7.48. The van der Waals surface area contributed by atoms with Crippen molar-refractivity contribution in [2.24, 2.45) is 0 Å². The van der Waals surface area contributed by atoms with Gasteiger partial charge in [-0.2, -0.15) is 0 Å². The highest BCUT2D eigenvalue weighted by Crippen LogP contribution is 2.32. The minimum absolute atomic E-state index is 0.103. The molecule has 4 heteroatoms. The van der Waals surface area contributed by atoms with Crippen molar-refractivity contribution in [1.29, 1.82) is 0 Å². The van der Waals surface area contributed by atoms with Crippen LogP contribution in [0.25, 0.3) is 0 Å². The number of amides is 2. The van der Waals surface area contributed by atoms with Gasteiger partial charge in [-0.05, 0) is 39.7 Å². The van der Waals surface area contributed by atoms with Crippen LogP contribution in [0.15, 0.2) is 24.3 Å². The second-order valence-electron chi connectivity index (χ2n) is 6.05. The van der Waals surface area contributed by atoms with Crippen LogP contribution in [0.1, 0.15) is 45.3 Å². The van der Waals surface area contributed by atoms with Gasteiger partial charge < -0.3 is 10.4 Å². The Bertz CT molecular complexity index is 465. The fourth-order valence-corrected chi connectivity index (χ4v) is 2.33. The van der Waals surface area contributed by atoms with E-state index in [1.807, 2.05) is 45.0 Å².